The second-order valence-corrected chi connectivity index (χ2v) is 6.00. The van der Waals surface area contributed by atoms with Gasteiger partial charge in [0.2, 0.25) is 0 Å². The van der Waals surface area contributed by atoms with Crippen LogP contribution in [0.1, 0.15) is 24.2 Å². The van der Waals surface area contributed by atoms with Crippen molar-refractivity contribution in [3.63, 3.8) is 0 Å². The van der Waals surface area contributed by atoms with E-state index in [-0.39, 0.29) is 0 Å². The van der Waals surface area contributed by atoms with Gasteiger partial charge in [0, 0.05) is 25.4 Å². The minimum Gasteiger partial charge on any atom is -0.383 e. The number of methoxy groups -OCH3 is 1. The van der Waals surface area contributed by atoms with Crippen LogP contribution in [0.3, 0.4) is 0 Å². The molecule has 1 aliphatic rings. The molecule has 1 atom stereocenters. The fourth-order valence-electron chi connectivity index (χ4n) is 3.16. The van der Waals surface area contributed by atoms with Crippen LogP contribution in [0.15, 0.2) is 12.1 Å². The Kier molecular flexibility index (Phi) is 4.96. The Balaban J connectivity index is 2.01. The van der Waals surface area contributed by atoms with E-state index in [9.17, 15) is 0 Å². The minimum atomic E-state index is 0.327. The lowest BCUT2D eigenvalue weighted by Gasteiger charge is -2.25. The smallest absolute Gasteiger partial charge is 0.254 e. The molecule has 8 heteroatoms. The van der Waals surface area contributed by atoms with Crippen LogP contribution in [0.25, 0.3) is 5.95 Å². The number of hydrogen-bond acceptors (Lipinski definition) is 7. The first-order chi connectivity index (χ1) is 11.6. The summed E-state index contributed by atoms with van der Waals surface area (Å²) in [5.74, 6) is 1.99. The van der Waals surface area contributed by atoms with E-state index >= 15 is 0 Å². The lowest BCUT2D eigenvalue weighted by atomic mass is 10.2. The lowest BCUT2D eigenvalue weighted by Crippen LogP contribution is -2.33. The van der Waals surface area contributed by atoms with Gasteiger partial charge in [0.1, 0.15) is 5.82 Å². The molecule has 8 nitrogen and oxygen atoms in total. The van der Waals surface area contributed by atoms with Gasteiger partial charge in [0.15, 0.2) is 5.82 Å². The molecule has 1 saturated heterocycles. The summed E-state index contributed by atoms with van der Waals surface area (Å²) in [7, 11) is 3.30. The molecule has 0 aromatic carbocycles. The van der Waals surface area contributed by atoms with Crippen molar-refractivity contribution in [1.29, 1.82) is 0 Å². The van der Waals surface area contributed by atoms with Crippen molar-refractivity contribution in [3.8, 4) is 5.95 Å². The Morgan fingerprint density at radius 3 is 2.75 bits per heavy atom. The Labute approximate surface area is 141 Å². The van der Waals surface area contributed by atoms with Crippen LogP contribution in [0.4, 0.5) is 11.6 Å². The number of aromatic nitrogens is 4. The normalized spacial score (nSPS) is 17.5. The predicted octanol–water partition coefficient (Wildman–Crippen LogP) is 1.87. The third-order valence-corrected chi connectivity index (χ3v) is 4.14. The van der Waals surface area contributed by atoms with E-state index in [1.807, 2.05) is 26.0 Å². The second-order valence-electron chi connectivity index (χ2n) is 6.00. The molecule has 0 saturated carbocycles. The average Bonchev–Trinajstić information content (AvgIpc) is 3.14. The van der Waals surface area contributed by atoms with E-state index in [2.05, 4.69) is 20.5 Å². The van der Waals surface area contributed by atoms with Gasteiger partial charge >= 0.3 is 0 Å². The molecule has 3 rings (SSSR count). The highest BCUT2D eigenvalue weighted by Crippen LogP contribution is 2.26. The third-order valence-electron chi connectivity index (χ3n) is 4.14. The minimum absolute atomic E-state index is 0.327. The number of ether oxygens (including phenoxy) is 1. The Morgan fingerprint density at radius 1 is 1.25 bits per heavy atom. The Hall–Kier alpha value is -2.19. The molecule has 0 spiro atoms. The van der Waals surface area contributed by atoms with Gasteiger partial charge in [-0.15, -0.1) is 0 Å². The van der Waals surface area contributed by atoms with Crippen molar-refractivity contribution in [2.45, 2.75) is 32.7 Å². The maximum Gasteiger partial charge on any atom is 0.254 e. The summed E-state index contributed by atoms with van der Waals surface area (Å²) >= 11 is 0. The molecule has 0 bridgehead atoms. The Morgan fingerprint density at radius 2 is 2.08 bits per heavy atom. The van der Waals surface area contributed by atoms with E-state index < -0.39 is 0 Å². The molecule has 0 radical (unpaired) electrons. The van der Waals surface area contributed by atoms with Crippen molar-refractivity contribution >= 4 is 11.6 Å². The summed E-state index contributed by atoms with van der Waals surface area (Å²) in [6.07, 6.45) is 2.22. The largest absolute Gasteiger partial charge is 0.383 e. The molecule has 3 heterocycles. The van der Waals surface area contributed by atoms with Gasteiger partial charge in [-0.2, -0.15) is 15.1 Å². The zero-order chi connectivity index (χ0) is 17.1. The van der Waals surface area contributed by atoms with Crippen LogP contribution in [-0.2, 0) is 9.57 Å². The molecule has 130 valence electrons. The van der Waals surface area contributed by atoms with Gasteiger partial charge < -0.3 is 9.64 Å². The summed E-state index contributed by atoms with van der Waals surface area (Å²) in [5.41, 5.74) is 4.72. The maximum absolute atomic E-state index is 5.35. The van der Waals surface area contributed by atoms with Crippen molar-refractivity contribution < 1.29 is 9.57 Å². The Bertz CT molecular complexity index is 702. The van der Waals surface area contributed by atoms with Gasteiger partial charge in [0.25, 0.3) is 5.95 Å². The summed E-state index contributed by atoms with van der Waals surface area (Å²) in [6.45, 7) is 5.58. The van der Waals surface area contributed by atoms with Crippen LogP contribution >= 0.6 is 0 Å². The number of aryl methyl sites for hydroxylation is 2. The molecular weight excluding hydrogens is 308 g/mol. The molecule has 1 aliphatic heterocycles. The molecule has 2 aromatic heterocycles. The number of nitrogens with one attached hydrogen (secondary N) is 1. The van der Waals surface area contributed by atoms with Gasteiger partial charge in [-0.1, -0.05) is 0 Å². The van der Waals surface area contributed by atoms with E-state index in [1.54, 1.807) is 18.9 Å². The van der Waals surface area contributed by atoms with Gasteiger partial charge in [-0.3, -0.25) is 4.84 Å². The van der Waals surface area contributed by atoms with Crippen molar-refractivity contribution in [1.82, 2.24) is 19.7 Å². The number of anilines is 2. The van der Waals surface area contributed by atoms with Crippen LogP contribution in [-0.4, -0.2) is 53.2 Å². The molecule has 0 amide bonds. The van der Waals surface area contributed by atoms with Gasteiger partial charge in [-0.05, 0) is 32.8 Å². The molecule has 1 unspecified atom stereocenters. The number of hydrogen-bond donors (Lipinski definition) is 1. The first-order valence-electron chi connectivity index (χ1n) is 8.09. The average molecular weight is 332 g/mol. The van der Waals surface area contributed by atoms with Gasteiger partial charge in [0.05, 0.1) is 25.5 Å². The second kappa shape index (κ2) is 7.14. The molecule has 1 fully saturated rings. The summed E-state index contributed by atoms with van der Waals surface area (Å²) in [5, 5.41) is 4.48. The van der Waals surface area contributed by atoms with E-state index in [4.69, 9.17) is 14.6 Å². The van der Waals surface area contributed by atoms with E-state index in [0.717, 1.165) is 36.6 Å². The van der Waals surface area contributed by atoms with Crippen molar-refractivity contribution in [2.75, 3.05) is 37.8 Å². The van der Waals surface area contributed by atoms with Crippen molar-refractivity contribution in [2.24, 2.45) is 0 Å². The van der Waals surface area contributed by atoms with E-state index in [1.165, 1.54) is 0 Å². The van der Waals surface area contributed by atoms with Gasteiger partial charge in [-0.25, -0.2) is 10.2 Å². The molecular formula is C16H24N6O2. The van der Waals surface area contributed by atoms with Crippen LogP contribution in [0, 0.1) is 13.8 Å². The first-order valence-corrected chi connectivity index (χ1v) is 8.09. The zero-order valence-electron chi connectivity index (χ0n) is 14.6. The molecule has 2 aromatic rings. The fraction of sp³-hybridized carbons (Fsp3) is 0.562. The van der Waals surface area contributed by atoms with Crippen LogP contribution in [0.5, 0.6) is 0 Å². The fourth-order valence-corrected chi connectivity index (χ4v) is 3.16. The number of rotatable bonds is 6. The SMILES string of the molecule is COCC1CCCN1c1cc(NOC)nc(-n2nc(C)cc2C)n1. The molecule has 0 aliphatic carbocycles. The quantitative estimate of drug-likeness (QED) is 0.809. The predicted molar refractivity (Wildman–Crippen MR) is 91.5 cm³/mol. The van der Waals surface area contributed by atoms with E-state index in [0.29, 0.717) is 24.4 Å². The van der Waals surface area contributed by atoms with Crippen LogP contribution < -0.4 is 10.4 Å². The first kappa shape index (κ1) is 16.7. The number of nitrogens with zero attached hydrogens (tertiary/aromatic N) is 5. The molecule has 24 heavy (non-hydrogen) atoms. The highest BCUT2D eigenvalue weighted by Gasteiger charge is 2.26. The van der Waals surface area contributed by atoms with Crippen molar-refractivity contribution in [3.05, 3.63) is 23.5 Å². The maximum atomic E-state index is 5.35. The zero-order valence-corrected chi connectivity index (χ0v) is 14.6. The monoisotopic (exact) mass is 332 g/mol. The third kappa shape index (κ3) is 3.34. The highest BCUT2D eigenvalue weighted by molar-refractivity contribution is 5.52. The summed E-state index contributed by atoms with van der Waals surface area (Å²) in [4.78, 5) is 16.5. The standard InChI is InChI=1S/C16H24N6O2/c1-11-8-12(2)22(19-11)16-17-14(20-24-4)9-15(18-16)21-7-5-6-13(21)10-23-3/h8-9,13H,5-7,10H2,1-4H3,(H,17,18,20). The topological polar surface area (TPSA) is 77.3 Å². The lowest BCUT2D eigenvalue weighted by molar-refractivity contribution is 0.180. The highest BCUT2D eigenvalue weighted by atomic mass is 16.6. The summed E-state index contributed by atoms with van der Waals surface area (Å²) in [6, 6.07) is 4.23. The molecule has 1 N–H and O–H groups in total. The summed E-state index contributed by atoms with van der Waals surface area (Å²) < 4.78 is 7.10. The van der Waals surface area contributed by atoms with Crippen LogP contribution in [0.2, 0.25) is 0 Å².